The molecule has 0 unspecified atom stereocenters. The Morgan fingerprint density at radius 2 is 1.97 bits per heavy atom. The SMILES string of the molecule is CN(C)C(=O)CN1C[C@]23CN(C(=O)c4cn(C)c5ccccc45)C[C@@H](C[C@@H]2S1(=O)=O)O3. The molecular formula is C21H26N4O5S. The van der Waals surface area contributed by atoms with Gasteiger partial charge >= 0.3 is 0 Å². The summed E-state index contributed by atoms with van der Waals surface area (Å²) in [6, 6.07) is 7.72. The third kappa shape index (κ3) is 3.00. The van der Waals surface area contributed by atoms with Crippen molar-refractivity contribution in [3.63, 3.8) is 0 Å². The number of sulfonamides is 1. The van der Waals surface area contributed by atoms with Gasteiger partial charge in [0, 0.05) is 51.3 Å². The number of morpholine rings is 1. The van der Waals surface area contributed by atoms with Crippen molar-refractivity contribution in [2.75, 3.05) is 40.3 Å². The molecule has 1 spiro atoms. The second kappa shape index (κ2) is 6.78. The molecule has 4 heterocycles. The van der Waals surface area contributed by atoms with Crippen LogP contribution in [0.1, 0.15) is 16.8 Å². The summed E-state index contributed by atoms with van der Waals surface area (Å²) in [6.07, 6.45) is 1.85. The number of aromatic nitrogens is 1. The van der Waals surface area contributed by atoms with Gasteiger partial charge in [-0.15, -0.1) is 0 Å². The first-order valence-electron chi connectivity index (χ1n) is 10.3. The molecule has 166 valence electrons. The Balaban J connectivity index is 1.44. The first-order chi connectivity index (χ1) is 14.6. The number of likely N-dealkylation sites (N-methyl/N-ethyl adjacent to an activating group) is 1. The maximum atomic E-state index is 13.5. The van der Waals surface area contributed by atoms with E-state index >= 15 is 0 Å². The van der Waals surface area contributed by atoms with Crippen LogP contribution in [-0.2, 0) is 26.6 Å². The summed E-state index contributed by atoms with van der Waals surface area (Å²) in [7, 11) is 1.42. The molecule has 10 heteroatoms. The van der Waals surface area contributed by atoms with Crippen LogP contribution in [0.15, 0.2) is 30.5 Å². The Morgan fingerprint density at radius 3 is 2.71 bits per heavy atom. The zero-order chi connectivity index (χ0) is 22.1. The quantitative estimate of drug-likeness (QED) is 0.675. The minimum absolute atomic E-state index is 0.0927. The second-order valence-electron chi connectivity index (χ2n) is 8.99. The lowest BCUT2D eigenvalue weighted by Gasteiger charge is -2.39. The standard InChI is InChI=1S/C21H26N4O5S/c1-22(2)19(26)11-25-13-21-12-24(9-14(30-21)8-18(21)31(25,28)29)20(27)16-10-23(3)17-7-5-4-6-15(16)17/h4-7,10,14,18H,8-9,11-13H2,1-3H3/t14-,18+,21-/m1/s1. The maximum Gasteiger partial charge on any atom is 0.256 e. The monoisotopic (exact) mass is 446 g/mol. The highest BCUT2D eigenvalue weighted by molar-refractivity contribution is 7.90. The lowest BCUT2D eigenvalue weighted by Crippen LogP contribution is -2.56. The second-order valence-corrected chi connectivity index (χ2v) is 11.1. The first-order valence-corrected chi connectivity index (χ1v) is 11.8. The largest absolute Gasteiger partial charge is 0.365 e. The van der Waals surface area contributed by atoms with Gasteiger partial charge in [0.2, 0.25) is 15.9 Å². The summed E-state index contributed by atoms with van der Waals surface area (Å²) >= 11 is 0. The molecule has 0 aliphatic carbocycles. The van der Waals surface area contributed by atoms with Crippen LogP contribution in [0.4, 0.5) is 0 Å². The molecule has 0 radical (unpaired) electrons. The minimum atomic E-state index is -3.68. The van der Waals surface area contributed by atoms with E-state index in [4.69, 9.17) is 4.74 Å². The van der Waals surface area contributed by atoms with Gasteiger partial charge in [0.25, 0.3) is 5.91 Å². The molecule has 5 rings (SSSR count). The van der Waals surface area contributed by atoms with Crippen molar-refractivity contribution in [3.05, 3.63) is 36.0 Å². The van der Waals surface area contributed by atoms with Crippen LogP contribution in [0.2, 0.25) is 0 Å². The van der Waals surface area contributed by atoms with Crippen molar-refractivity contribution < 1.29 is 22.7 Å². The van der Waals surface area contributed by atoms with E-state index in [1.807, 2.05) is 42.1 Å². The van der Waals surface area contributed by atoms with Gasteiger partial charge in [-0.05, 0) is 12.5 Å². The third-order valence-electron chi connectivity index (χ3n) is 6.74. The number of amides is 2. The Kier molecular flexibility index (Phi) is 4.48. The Labute approximate surface area is 181 Å². The number of benzene rings is 1. The van der Waals surface area contributed by atoms with Gasteiger partial charge < -0.3 is 19.1 Å². The number of ether oxygens (including phenoxy) is 1. The van der Waals surface area contributed by atoms with Crippen molar-refractivity contribution in [2.45, 2.75) is 23.4 Å². The van der Waals surface area contributed by atoms with Gasteiger partial charge in [0.05, 0.1) is 24.8 Å². The summed E-state index contributed by atoms with van der Waals surface area (Å²) in [4.78, 5) is 28.8. The molecule has 2 aromatic rings. The van der Waals surface area contributed by atoms with Crippen molar-refractivity contribution in [2.24, 2.45) is 7.05 Å². The fourth-order valence-corrected chi connectivity index (χ4v) is 7.47. The Hall–Kier alpha value is -2.43. The number of hydrogen-bond acceptors (Lipinski definition) is 5. The van der Waals surface area contributed by atoms with Crippen molar-refractivity contribution >= 4 is 32.7 Å². The topological polar surface area (TPSA) is 92.2 Å². The van der Waals surface area contributed by atoms with Crippen LogP contribution in [0, 0.1) is 0 Å². The molecule has 3 aliphatic rings. The molecule has 0 N–H and O–H groups in total. The number of hydrogen-bond donors (Lipinski definition) is 0. The summed E-state index contributed by atoms with van der Waals surface area (Å²) < 4.78 is 35.7. The predicted octanol–water partition coefficient (Wildman–Crippen LogP) is 0.264. The van der Waals surface area contributed by atoms with Gasteiger partial charge in [-0.1, -0.05) is 18.2 Å². The average Bonchev–Trinajstić information content (AvgIpc) is 3.26. The highest BCUT2D eigenvalue weighted by Crippen LogP contribution is 2.46. The van der Waals surface area contributed by atoms with Gasteiger partial charge in [-0.25, -0.2) is 8.42 Å². The number of rotatable bonds is 3. The number of fused-ring (bicyclic) bond motifs is 2. The van der Waals surface area contributed by atoms with Gasteiger partial charge in [-0.2, -0.15) is 4.31 Å². The number of nitrogens with zero attached hydrogens (tertiary/aromatic N) is 4. The molecule has 0 saturated carbocycles. The Morgan fingerprint density at radius 1 is 1.23 bits per heavy atom. The van der Waals surface area contributed by atoms with Crippen LogP contribution in [0.3, 0.4) is 0 Å². The first kappa shape index (κ1) is 20.5. The summed E-state index contributed by atoms with van der Waals surface area (Å²) in [5.74, 6) is -0.402. The zero-order valence-corrected chi connectivity index (χ0v) is 18.6. The van der Waals surface area contributed by atoms with Gasteiger partial charge in [0.15, 0.2) is 0 Å². The molecule has 3 atom stereocenters. The van der Waals surface area contributed by atoms with Gasteiger partial charge in [-0.3, -0.25) is 9.59 Å². The highest BCUT2D eigenvalue weighted by atomic mass is 32.2. The molecule has 3 saturated heterocycles. The van der Waals surface area contributed by atoms with E-state index in [0.717, 1.165) is 10.9 Å². The normalized spacial score (nSPS) is 29.3. The molecule has 1 aromatic carbocycles. The molecule has 31 heavy (non-hydrogen) atoms. The molecule has 1 aromatic heterocycles. The van der Waals surface area contributed by atoms with E-state index in [1.165, 1.54) is 9.21 Å². The molecular weight excluding hydrogens is 420 g/mol. The van der Waals surface area contributed by atoms with E-state index in [1.54, 1.807) is 19.0 Å². The fourth-order valence-electron chi connectivity index (χ4n) is 5.22. The number of likely N-dealkylation sites (tertiary alicyclic amines) is 1. The fraction of sp³-hybridized carbons (Fsp3) is 0.524. The lowest BCUT2D eigenvalue weighted by molar-refractivity contribution is -0.130. The van der Waals surface area contributed by atoms with E-state index in [-0.39, 0.29) is 37.6 Å². The maximum absolute atomic E-state index is 13.5. The van der Waals surface area contributed by atoms with Crippen LogP contribution < -0.4 is 0 Å². The van der Waals surface area contributed by atoms with Crippen LogP contribution in [0.25, 0.3) is 10.9 Å². The number of aryl methyl sites for hydroxylation is 1. The number of para-hydroxylation sites is 1. The zero-order valence-electron chi connectivity index (χ0n) is 17.8. The van der Waals surface area contributed by atoms with Gasteiger partial charge in [0.1, 0.15) is 10.9 Å². The number of carbonyl (C=O) groups is 2. The van der Waals surface area contributed by atoms with Crippen molar-refractivity contribution in [1.29, 1.82) is 0 Å². The highest BCUT2D eigenvalue weighted by Gasteiger charge is 2.65. The van der Waals surface area contributed by atoms with E-state index in [2.05, 4.69) is 0 Å². The number of carbonyl (C=O) groups excluding carboxylic acids is 2. The third-order valence-corrected chi connectivity index (χ3v) is 9.06. The minimum Gasteiger partial charge on any atom is -0.365 e. The molecule has 9 nitrogen and oxygen atoms in total. The van der Waals surface area contributed by atoms with E-state index < -0.39 is 20.9 Å². The summed E-state index contributed by atoms with van der Waals surface area (Å²) in [5, 5.41) is 0.144. The lowest BCUT2D eigenvalue weighted by atomic mass is 9.99. The summed E-state index contributed by atoms with van der Waals surface area (Å²) in [5.41, 5.74) is 0.581. The molecule has 2 bridgehead atoms. The van der Waals surface area contributed by atoms with Crippen LogP contribution >= 0.6 is 0 Å². The molecule has 2 amide bonds. The van der Waals surface area contributed by atoms with E-state index in [9.17, 15) is 18.0 Å². The van der Waals surface area contributed by atoms with Crippen LogP contribution in [-0.4, -0.2) is 96.1 Å². The summed E-state index contributed by atoms with van der Waals surface area (Å²) in [6.45, 7) is 0.447. The molecule has 3 fully saturated rings. The van der Waals surface area contributed by atoms with E-state index in [0.29, 0.717) is 18.5 Å². The van der Waals surface area contributed by atoms with Crippen molar-refractivity contribution in [1.82, 2.24) is 18.7 Å². The smallest absolute Gasteiger partial charge is 0.256 e. The average molecular weight is 447 g/mol. The van der Waals surface area contributed by atoms with Crippen LogP contribution in [0.5, 0.6) is 0 Å². The molecule has 3 aliphatic heterocycles. The Bertz CT molecular complexity index is 1190. The predicted molar refractivity (Wildman–Crippen MR) is 114 cm³/mol. The van der Waals surface area contributed by atoms with Crippen molar-refractivity contribution in [3.8, 4) is 0 Å².